The van der Waals surface area contributed by atoms with E-state index in [9.17, 15) is 4.39 Å². The van der Waals surface area contributed by atoms with Gasteiger partial charge >= 0.3 is 0 Å². The van der Waals surface area contributed by atoms with E-state index in [4.69, 9.17) is 22.7 Å². The van der Waals surface area contributed by atoms with Gasteiger partial charge in [-0.25, -0.2) is 4.39 Å². The lowest BCUT2D eigenvalue weighted by atomic mass is 10.2. The molecule has 0 fully saturated rings. The first-order valence-electron chi connectivity index (χ1n) is 5.40. The van der Waals surface area contributed by atoms with Crippen molar-refractivity contribution in [2.24, 2.45) is 5.73 Å². The van der Waals surface area contributed by atoms with Crippen molar-refractivity contribution in [1.82, 2.24) is 0 Å². The number of ether oxygens (including phenoxy) is 1. The monoisotopic (exact) mass is 261 g/mol. The van der Waals surface area contributed by atoms with Crippen molar-refractivity contribution in [3.63, 3.8) is 0 Å². The Balaban J connectivity index is 2.21. The molecule has 0 saturated heterocycles. The van der Waals surface area contributed by atoms with Crippen molar-refractivity contribution in [3.8, 4) is 11.5 Å². The summed E-state index contributed by atoms with van der Waals surface area (Å²) < 4.78 is 18.6. The molecule has 0 spiro atoms. The summed E-state index contributed by atoms with van der Waals surface area (Å²) in [5.41, 5.74) is 7.04. The topological polar surface area (TPSA) is 35.2 Å². The van der Waals surface area contributed by atoms with Crippen LogP contribution >= 0.6 is 12.2 Å². The molecule has 0 aliphatic heterocycles. The second kappa shape index (κ2) is 5.14. The van der Waals surface area contributed by atoms with Gasteiger partial charge in [0.2, 0.25) is 0 Å². The molecule has 18 heavy (non-hydrogen) atoms. The minimum absolute atomic E-state index is 0.274. The Morgan fingerprint density at radius 1 is 1.17 bits per heavy atom. The highest BCUT2D eigenvalue weighted by molar-refractivity contribution is 7.80. The summed E-state index contributed by atoms with van der Waals surface area (Å²) >= 11 is 4.87. The number of hydrogen-bond donors (Lipinski definition) is 1. The zero-order valence-corrected chi connectivity index (χ0v) is 10.6. The lowest BCUT2D eigenvalue weighted by Gasteiger charge is -2.09. The number of benzene rings is 2. The lowest BCUT2D eigenvalue weighted by Crippen LogP contribution is -2.08. The first-order valence-corrected chi connectivity index (χ1v) is 5.81. The minimum atomic E-state index is -0.274. The number of aryl methyl sites for hydroxylation is 1. The van der Waals surface area contributed by atoms with Gasteiger partial charge in [-0.15, -0.1) is 0 Å². The summed E-state index contributed by atoms with van der Waals surface area (Å²) in [6.07, 6.45) is 0. The first kappa shape index (κ1) is 12.5. The quantitative estimate of drug-likeness (QED) is 0.858. The maximum Gasteiger partial charge on any atom is 0.130 e. The molecule has 0 amide bonds. The summed E-state index contributed by atoms with van der Waals surface area (Å²) in [7, 11) is 0. The third-order valence-electron chi connectivity index (χ3n) is 2.50. The maximum atomic E-state index is 12.9. The van der Waals surface area contributed by atoms with Gasteiger partial charge in [-0.3, -0.25) is 0 Å². The molecule has 0 aromatic heterocycles. The average Bonchev–Trinajstić information content (AvgIpc) is 2.33. The molecule has 4 heteroatoms. The molecule has 2 N–H and O–H groups in total. The van der Waals surface area contributed by atoms with E-state index in [2.05, 4.69) is 0 Å². The van der Waals surface area contributed by atoms with Gasteiger partial charge in [0.25, 0.3) is 0 Å². The summed E-state index contributed by atoms with van der Waals surface area (Å²) in [5, 5.41) is 0. The summed E-state index contributed by atoms with van der Waals surface area (Å²) in [5.74, 6) is 1.01. The van der Waals surface area contributed by atoms with Gasteiger partial charge < -0.3 is 10.5 Å². The molecular formula is C14H12FNOS. The van der Waals surface area contributed by atoms with Crippen LogP contribution in [0.25, 0.3) is 0 Å². The molecule has 2 rings (SSSR count). The second-order valence-corrected chi connectivity index (χ2v) is 4.34. The van der Waals surface area contributed by atoms with Crippen LogP contribution in [-0.2, 0) is 0 Å². The summed E-state index contributed by atoms with van der Waals surface area (Å²) in [6.45, 7) is 1.79. The van der Waals surface area contributed by atoms with E-state index in [1.807, 2.05) is 0 Å². The second-order valence-electron chi connectivity index (χ2n) is 3.90. The number of nitrogens with two attached hydrogens (primary N) is 1. The van der Waals surface area contributed by atoms with Crippen LogP contribution in [0.3, 0.4) is 0 Å². The zero-order valence-electron chi connectivity index (χ0n) is 9.81. The number of thiocarbonyl (C=S) groups is 1. The minimum Gasteiger partial charge on any atom is -0.457 e. The van der Waals surface area contributed by atoms with Crippen molar-refractivity contribution < 1.29 is 9.13 Å². The number of hydrogen-bond acceptors (Lipinski definition) is 2. The van der Waals surface area contributed by atoms with Gasteiger partial charge in [-0.1, -0.05) is 12.2 Å². The lowest BCUT2D eigenvalue weighted by molar-refractivity contribution is 0.476. The van der Waals surface area contributed by atoms with Gasteiger partial charge in [0, 0.05) is 5.56 Å². The van der Waals surface area contributed by atoms with Crippen molar-refractivity contribution in [3.05, 3.63) is 59.4 Å². The fraction of sp³-hybridized carbons (Fsp3) is 0.0714. The van der Waals surface area contributed by atoms with Crippen LogP contribution in [0, 0.1) is 12.7 Å². The van der Waals surface area contributed by atoms with E-state index in [0.717, 1.165) is 11.1 Å². The first-order chi connectivity index (χ1) is 8.56. The Morgan fingerprint density at radius 3 is 2.39 bits per heavy atom. The molecule has 92 valence electrons. The molecule has 0 heterocycles. The number of halogens is 1. The molecule has 0 aliphatic rings. The molecule has 2 aromatic carbocycles. The Labute approximate surface area is 110 Å². The fourth-order valence-corrected chi connectivity index (χ4v) is 1.68. The fourth-order valence-electron chi connectivity index (χ4n) is 1.54. The molecule has 0 aliphatic carbocycles. The summed E-state index contributed by atoms with van der Waals surface area (Å²) in [6, 6.07) is 11.5. The van der Waals surface area contributed by atoms with Crippen LogP contribution in [-0.4, -0.2) is 4.99 Å². The van der Waals surface area contributed by atoms with Crippen molar-refractivity contribution >= 4 is 17.2 Å². The largest absolute Gasteiger partial charge is 0.457 e. The Kier molecular flexibility index (Phi) is 3.58. The smallest absolute Gasteiger partial charge is 0.130 e. The van der Waals surface area contributed by atoms with Gasteiger partial charge in [0.1, 0.15) is 22.3 Å². The molecule has 0 radical (unpaired) electrons. The Morgan fingerprint density at radius 2 is 1.83 bits per heavy atom. The third-order valence-corrected chi connectivity index (χ3v) is 2.74. The standard InChI is InChI=1S/C14H12FNOS/c1-9-8-11(15)4-7-13(9)17-12-5-2-10(3-6-12)14(16)18/h2-8H,1H3,(H2,16,18). The number of rotatable bonds is 3. The van der Waals surface area contributed by atoms with Crippen molar-refractivity contribution in [2.45, 2.75) is 6.92 Å². The Hall–Kier alpha value is -1.94. The van der Waals surface area contributed by atoms with E-state index in [0.29, 0.717) is 16.5 Å². The molecule has 0 atom stereocenters. The summed E-state index contributed by atoms with van der Waals surface area (Å²) in [4.78, 5) is 0.347. The average molecular weight is 261 g/mol. The maximum absolute atomic E-state index is 12.9. The van der Waals surface area contributed by atoms with E-state index >= 15 is 0 Å². The van der Waals surface area contributed by atoms with Crippen molar-refractivity contribution in [2.75, 3.05) is 0 Å². The molecule has 2 nitrogen and oxygen atoms in total. The van der Waals surface area contributed by atoms with Gasteiger partial charge in [0.15, 0.2) is 0 Å². The van der Waals surface area contributed by atoms with Crippen LogP contribution in [0.15, 0.2) is 42.5 Å². The highest BCUT2D eigenvalue weighted by Gasteiger charge is 2.03. The van der Waals surface area contributed by atoms with E-state index < -0.39 is 0 Å². The van der Waals surface area contributed by atoms with E-state index in [-0.39, 0.29) is 5.82 Å². The van der Waals surface area contributed by atoms with Crippen LogP contribution in [0.5, 0.6) is 11.5 Å². The van der Waals surface area contributed by atoms with E-state index in [1.165, 1.54) is 12.1 Å². The molecule has 2 aromatic rings. The molecule has 0 unspecified atom stereocenters. The molecule has 0 bridgehead atoms. The molecule has 0 saturated carbocycles. The van der Waals surface area contributed by atoms with Crippen molar-refractivity contribution in [1.29, 1.82) is 0 Å². The van der Waals surface area contributed by atoms with Crippen LogP contribution in [0.1, 0.15) is 11.1 Å². The van der Waals surface area contributed by atoms with Gasteiger partial charge in [0.05, 0.1) is 0 Å². The van der Waals surface area contributed by atoms with Crippen LogP contribution in [0.4, 0.5) is 4.39 Å². The third kappa shape index (κ3) is 2.84. The van der Waals surface area contributed by atoms with Crippen LogP contribution in [0.2, 0.25) is 0 Å². The van der Waals surface area contributed by atoms with Gasteiger partial charge in [-0.2, -0.15) is 0 Å². The highest BCUT2D eigenvalue weighted by Crippen LogP contribution is 2.25. The van der Waals surface area contributed by atoms with Crippen LogP contribution < -0.4 is 10.5 Å². The van der Waals surface area contributed by atoms with Gasteiger partial charge in [-0.05, 0) is 55.0 Å². The predicted molar refractivity (Wildman–Crippen MR) is 73.5 cm³/mol. The van der Waals surface area contributed by atoms with E-state index in [1.54, 1.807) is 37.3 Å². The SMILES string of the molecule is Cc1cc(F)ccc1Oc1ccc(C(N)=S)cc1. The Bertz CT molecular complexity index is 581. The zero-order chi connectivity index (χ0) is 13.1. The molecular weight excluding hydrogens is 249 g/mol. The predicted octanol–water partition coefficient (Wildman–Crippen LogP) is 3.56. The normalized spacial score (nSPS) is 10.1. The highest BCUT2D eigenvalue weighted by atomic mass is 32.1.